The van der Waals surface area contributed by atoms with Crippen molar-refractivity contribution < 1.29 is 4.42 Å². The third-order valence-electron chi connectivity index (χ3n) is 3.35. The van der Waals surface area contributed by atoms with Crippen LogP contribution in [0.3, 0.4) is 0 Å². The molecule has 3 aromatic rings. The van der Waals surface area contributed by atoms with Crippen molar-refractivity contribution in [3.05, 3.63) is 47.7 Å². The van der Waals surface area contributed by atoms with Crippen LogP contribution in [0.5, 0.6) is 0 Å². The number of pyridine rings is 1. The lowest BCUT2D eigenvalue weighted by atomic mass is 10.2. The van der Waals surface area contributed by atoms with Crippen molar-refractivity contribution in [3.63, 3.8) is 0 Å². The topological polar surface area (TPSA) is 55.9 Å². The molecule has 0 aliphatic heterocycles. The van der Waals surface area contributed by atoms with Gasteiger partial charge in [-0.1, -0.05) is 13.8 Å². The molecular weight excluding hydrogens is 264 g/mol. The first-order valence-electron chi connectivity index (χ1n) is 7.21. The van der Waals surface area contributed by atoms with E-state index in [1.54, 1.807) is 0 Å². The number of rotatable bonds is 5. The van der Waals surface area contributed by atoms with Crippen LogP contribution in [0.4, 0.5) is 0 Å². The molecule has 0 radical (unpaired) electrons. The number of aryl methyl sites for hydroxylation is 1. The van der Waals surface area contributed by atoms with Crippen LogP contribution in [0.2, 0.25) is 0 Å². The summed E-state index contributed by atoms with van der Waals surface area (Å²) in [6.07, 6.45) is 3.76. The molecule has 0 amide bonds. The van der Waals surface area contributed by atoms with Gasteiger partial charge in [0.1, 0.15) is 18.1 Å². The Morgan fingerprint density at radius 3 is 2.86 bits per heavy atom. The summed E-state index contributed by atoms with van der Waals surface area (Å²) in [6.45, 7) is 7.64. The quantitative estimate of drug-likeness (QED) is 0.782. The molecule has 0 aliphatic carbocycles. The van der Waals surface area contributed by atoms with Gasteiger partial charge in [0.2, 0.25) is 0 Å². The fourth-order valence-electron chi connectivity index (χ4n) is 2.27. The summed E-state index contributed by atoms with van der Waals surface area (Å²) < 4.78 is 7.46. The number of hydrogen-bond donors (Lipinski definition) is 1. The lowest BCUT2D eigenvalue weighted by molar-refractivity contribution is 0.462. The molecule has 0 unspecified atom stereocenters. The first-order valence-corrected chi connectivity index (χ1v) is 7.21. The fourth-order valence-corrected chi connectivity index (χ4v) is 2.27. The Kier molecular flexibility index (Phi) is 3.75. The molecule has 3 aromatic heterocycles. The predicted octanol–water partition coefficient (Wildman–Crippen LogP) is 2.88. The molecule has 1 N–H and O–H groups in total. The zero-order valence-corrected chi connectivity index (χ0v) is 12.6. The number of nitrogens with one attached hydrogen (secondary N) is 1. The van der Waals surface area contributed by atoms with Crippen LogP contribution in [0.1, 0.15) is 30.9 Å². The van der Waals surface area contributed by atoms with Gasteiger partial charge in [0.25, 0.3) is 0 Å². The highest BCUT2D eigenvalue weighted by atomic mass is 16.3. The zero-order valence-electron chi connectivity index (χ0n) is 12.6. The predicted molar refractivity (Wildman–Crippen MR) is 82.1 cm³/mol. The van der Waals surface area contributed by atoms with E-state index < -0.39 is 0 Å². The van der Waals surface area contributed by atoms with Crippen molar-refractivity contribution in [2.24, 2.45) is 0 Å². The minimum Gasteiger partial charge on any atom is -0.464 e. The molecule has 0 aromatic carbocycles. The van der Waals surface area contributed by atoms with Crippen LogP contribution in [0.25, 0.3) is 11.0 Å². The van der Waals surface area contributed by atoms with E-state index in [-0.39, 0.29) is 0 Å². The summed E-state index contributed by atoms with van der Waals surface area (Å²) in [4.78, 5) is 4.54. The monoisotopic (exact) mass is 284 g/mol. The molecule has 3 heterocycles. The smallest absolute Gasteiger partial charge is 0.158 e. The SMILES string of the molecule is Cc1ccc(Cn2ncc3cc(CNC(C)C)cnc32)o1. The molecule has 0 bridgehead atoms. The van der Waals surface area contributed by atoms with Gasteiger partial charge in [-0.3, -0.25) is 0 Å². The highest BCUT2D eigenvalue weighted by Gasteiger charge is 2.08. The molecular formula is C16H20N4O. The molecule has 110 valence electrons. The van der Waals surface area contributed by atoms with Gasteiger partial charge < -0.3 is 9.73 Å². The Morgan fingerprint density at radius 2 is 2.14 bits per heavy atom. The normalized spacial score (nSPS) is 11.6. The minimum atomic E-state index is 0.464. The van der Waals surface area contributed by atoms with Crippen molar-refractivity contribution >= 4 is 11.0 Å². The lowest BCUT2D eigenvalue weighted by Crippen LogP contribution is -2.21. The third kappa shape index (κ3) is 3.13. The van der Waals surface area contributed by atoms with Crippen molar-refractivity contribution in [2.45, 2.75) is 39.9 Å². The molecule has 5 heteroatoms. The third-order valence-corrected chi connectivity index (χ3v) is 3.35. The molecule has 5 nitrogen and oxygen atoms in total. The zero-order chi connectivity index (χ0) is 14.8. The molecule has 3 rings (SSSR count). The van der Waals surface area contributed by atoms with Gasteiger partial charge in [-0.25, -0.2) is 9.67 Å². The van der Waals surface area contributed by atoms with Crippen LogP contribution in [-0.2, 0) is 13.1 Å². The minimum absolute atomic E-state index is 0.464. The summed E-state index contributed by atoms with van der Waals surface area (Å²) >= 11 is 0. The van der Waals surface area contributed by atoms with Gasteiger partial charge >= 0.3 is 0 Å². The van der Waals surface area contributed by atoms with Gasteiger partial charge in [0.15, 0.2) is 5.65 Å². The molecule has 0 fully saturated rings. The van der Waals surface area contributed by atoms with Gasteiger partial charge in [-0.2, -0.15) is 5.10 Å². The van der Waals surface area contributed by atoms with E-state index in [0.29, 0.717) is 12.6 Å². The van der Waals surface area contributed by atoms with Crippen LogP contribution in [0.15, 0.2) is 35.0 Å². The van der Waals surface area contributed by atoms with Gasteiger partial charge in [-0.15, -0.1) is 0 Å². The van der Waals surface area contributed by atoms with Crippen molar-refractivity contribution in [3.8, 4) is 0 Å². The van der Waals surface area contributed by atoms with Crippen LogP contribution in [0, 0.1) is 6.92 Å². The van der Waals surface area contributed by atoms with Gasteiger partial charge in [0.05, 0.1) is 6.20 Å². The summed E-state index contributed by atoms with van der Waals surface area (Å²) in [5.74, 6) is 1.81. The second-order valence-corrected chi connectivity index (χ2v) is 5.61. The van der Waals surface area contributed by atoms with Crippen molar-refractivity contribution in [2.75, 3.05) is 0 Å². The molecule has 0 aliphatic rings. The average molecular weight is 284 g/mol. The fraction of sp³-hybridized carbons (Fsp3) is 0.375. The Morgan fingerprint density at radius 1 is 1.29 bits per heavy atom. The summed E-state index contributed by atoms with van der Waals surface area (Å²) in [6, 6.07) is 6.54. The van der Waals surface area contributed by atoms with Crippen LogP contribution >= 0.6 is 0 Å². The van der Waals surface area contributed by atoms with Gasteiger partial charge in [-0.05, 0) is 30.7 Å². The van der Waals surface area contributed by atoms with Crippen LogP contribution in [-0.4, -0.2) is 20.8 Å². The van der Waals surface area contributed by atoms with Crippen molar-refractivity contribution in [1.29, 1.82) is 0 Å². The summed E-state index contributed by atoms with van der Waals surface area (Å²) in [7, 11) is 0. The Labute approximate surface area is 124 Å². The number of nitrogens with zero attached hydrogens (tertiary/aromatic N) is 3. The summed E-state index contributed by atoms with van der Waals surface area (Å²) in [5.41, 5.74) is 2.06. The molecule has 0 saturated carbocycles. The Balaban J connectivity index is 1.82. The maximum atomic E-state index is 5.60. The van der Waals surface area contributed by atoms with Gasteiger partial charge in [0, 0.05) is 24.2 Å². The maximum Gasteiger partial charge on any atom is 0.158 e. The maximum absolute atomic E-state index is 5.60. The van der Waals surface area contributed by atoms with E-state index in [1.165, 1.54) is 5.56 Å². The lowest BCUT2D eigenvalue weighted by Gasteiger charge is -2.07. The number of aromatic nitrogens is 3. The highest BCUT2D eigenvalue weighted by molar-refractivity contribution is 5.75. The first-order chi connectivity index (χ1) is 10.1. The number of furan rings is 1. The molecule has 0 atom stereocenters. The van der Waals surface area contributed by atoms with E-state index in [1.807, 2.05) is 36.1 Å². The van der Waals surface area contributed by atoms with E-state index >= 15 is 0 Å². The second kappa shape index (κ2) is 5.69. The van der Waals surface area contributed by atoms with Crippen LogP contribution < -0.4 is 5.32 Å². The second-order valence-electron chi connectivity index (χ2n) is 5.61. The van der Waals surface area contributed by atoms with E-state index in [9.17, 15) is 0 Å². The largest absolute Gasteiger partial charge is 0.464 e. The molecule has 0 spiro atoms. The van der Waals surface area contributed by atoms with E-state index in [2.05, 4.69) is 35.3 Å². The first kappa shape index (κ1) is 13.8. The summed E-state index contributed by atoms with van der Waals surface area (Å²) in [5, 5.41) is 8.86. The number of fused-ring (bicyclic) bond motifs is 1. The van der Waals surface area contributed by atoms with Crippen molar-refractivity contribution in [1.82, 2.24) is 20.1 Å². The van der Waals surface area contributed by atoms with E-state index in [4.69, 9.17) is 4.42 Å². The highest BCUT2D eigenvalue weighted by Crippen LogP contribution is 2.15. The Bertz CT molecular complexity index is 742. The van der Waals surface area contributed by atoms with E-state index in [0.717, 1.165) is 29.1 Å². The molecule has 0 saturated heterocycles. The average Bonchev–Trinajstić information content (AvgIpc) is 3.04. The number of hydrogen-bond acceptors (Lipinski definition) is 4. The Hall–Kier alpha value is -2.14. The standard InChI is InChI=1S/C16H20N4O/c1-11(2)17-7-13-6-14-9-19-20(16(14)18-8-13)10-15-5-4-12(3)21-15/h4-6,8-9,11,17H,7,10H2,1-3H3. The molecule has 21 heavy (non-hydrogen) atoms.